The molecule has 0 aliphatic heterocycles. The van der Waals surface area contributed by atoms with Crippen LogP contribution >= 0.6 is 0 Å². The Morgan fingerprint density at radius 1 is 1.27 bits per heavy atom. The Morgan fingerprint density at radius 3 is 2.55 bits per heavy atom. The highest BCUT2D eigenvalue weighted by molar-refractivity contribution is 5.98. The summed E-state index contributed by atoms with van der Waals surface area (Å²) in [7, 11) is 0. The smallest absolute Gasteiger partial charge is 0.330 e. The molecule has 1 heterocycles. The quantitative estimate of drug-likeness (QED) is 0.605. The molecule has 0 aliphatic rings. The molecule has 1 unspecified atom stereocenters. The molecule has 6 nitrogen and oxygen atoms in total. The molecule has 0 saturated heterocycles. The molecule has 0 bridgehead atoms. The molecular formula is C16H19N3O3. The van der Waals surface area contributed by atoms with Crippen molar-refractivity contribution in [3.05, 3.63) is 36.0 Å². The number of esters is 1. The lowest BCUT2D eigenvalue weighted by Crippen LogP contribution is -2.21. The van der Waals surface area contributed by atoms with Crippen LogP contribution in [0.4, 0.5) is 0 Å². The van der Waals surface area contributed by atoms with Crippen LogP contribution in [-0.2, 0) is 9.53 Å². The molecule has 2 rings (SSSR count). The molecule has 1 atom stereocenters. The zero-order chi connectivity index (χ0) is 16.1. The van der Waals surface area contributed by atoms with Gasteiger partial charge in [-0.3, -0.25) is 4.79 Å². The number of benzene rings is 1. The maximum atomic E-state index is 12.1. The highest BCUT2D eigenvalue weighted by Gasteiger charge is 2.25. The van der Waals surface area contributed by atoms with Crippen LogP contribution < -0.4 is 0 Å². The Morgan fingerprint density at radius 2 is 1.95 bits per heavy atom. The van der Waals surface area contributed by atoms with Gasteiger partial charge in [-0.05, 0) is 13.3 Å². The van der Waals surface area contributed by atoms with Crippen molar-refractivity contribution in [2.75, 3.05) is 6.61 Å². The molecule has 0 fully saturated rings. The van der Waals surface area contributed by atoms with Gasteiger partial charge >= 0.3 is 5.97 Å². The maximum Gasteiger partial charge on any atom is 0.330 e. The summed E-state index contributed by atoms with van der Waals surface area (Å²) in [6, 6.07) is 8.65. The van der Waals surface area contributed by atoms with E-state index in [0.29, 0.717) is 12.3 Å². The number of carbonyl (C=O) groups excluding carboxylic acids is 2. The summed E-state index contributed by atoms with van der Waals surface area (Å²) in [5.41, 5.74) is 1.57. The summed E-state index contributed by atoms with van der Waals surface area (Å²) in [5, 5.41) is 7.92. The minimum absolute atomic E-state index is 0.195. The van der Waals surface area contributed by atoms with E-state index in [1.807, 2.05) is 37.3 Å². The van der Waals surface area contributed by atoms with Crippen LogP contribution in [0, 0.1) is 0 Å². The normalized spacial score (nSPS) is 12.0. The summed E-state index contributed by atoms with van der Waals surface area (Å²) in [4.78, 5) is 23.9. The van der Waals surface area contributed by atoms with Gasteiger partial charge in [0.2, 0.25) is 0 Å². The van der Waals surface area contributed by atoms with Gasteiger partial charge in [0.05, 0.1) is 6.61 Å². The number of Topliss-reactive ketones (excluding diaryl/α,β-unsaturated/α-hetero) is 1. The fourth-order valence-electron chi connectivity index (χ4n) is 2.09. The van der Waals surface area contributed by atoms with Crippen LogP contribution in [0.3, 0.4) is 0 Å². The molecule has 0 aliphatic carbocycles. The van der Waals surface area contributed by atoms with Gasteiger partial charge in [0.15, 0.2) is 11.5 Å². The second-order valence-electron chi connectivity index (χ2n) is 5.00. The third-order valence-electron chi connectivity index (χ3n) is 3.23. The van der Waals surface area contributed by atoms with Gasteiger partial charge in [0.1, 0.15) is 11.7 Å². The van der Waals surface area contributed by atoms with Crippen LogP contribution in [-0.4, -0.2) is 33.4 Å². The fraction of sp³-hybridized carbons (Fsp3) is 0.375. The van der Waals surface area contributed by atoms with Crippen molar-refractivity contribution in [1.29, 1.82) is 0 Å². The van der Waals surface area contributed by atoms with E-state index in [2.05, 4.69) is 10.3 Å². The average Bonchev–Trinajstić information content (AvgIpc) is 2.97. The van der Waals surface area contributed by atoms with Crippen molar-refractivity contribution in [2.45, 2.75) is 33.2 Å². The topological polar surface area (TPSA) is 74.1 Å². The Bertz CT molecular complexity index is 665. The number of nitrogens with zero attached hydrogens (tertiary/aromatic N) is 3. The molecule has 1 aromatic carbocycles. The van der Waals surface area contributed by atoms with Crippen LogP contribution in [0.2, 0.25) is 0 Å². The molecule has 2 aromatic rings. The molecule has 116 valence electrons. The number of ether oxygens (including phenoxy) is 1. The molecular weight excluding hydrogens is 282 g/mol. The summed E-state index contributed by atoms with van der Waals surface area (Å²) in [6.07, 6.45) is 0.750. The van der Waals surface area contributed by atoms with Gasteiger partial charge in [-0.25, -0.2) is 9.48 Å². The number of hydrogen-bond acceptors (Lipinski definition) is 5. The Labute approximate surface area is 129 Å². The zero-order valence-corrected chi connectivity index (χ0v) is 12.9. The van der Waals surface area contributed by atoms with Gasteiger partial charge < -0.3 is 4.74 Å². The lowest BCUT2D eigenvalue weighted by Gasteiger charge is -2.14. The predicted octanol–water partition coefficient (Wildman–Crippen LogP) is 2.66. The van der Waals surface area contributed by atoms with E-state index in [4.69, 9.17) is 4.74 Å². The average molecular weight is 301 g/mol. The van der Waals surface area contributed by atoms with E-state index in [1.54, 1.807) is 6.92 Å². The van der Waals surface area contributed by atoms with E-state index >= 15 is 0 Å². The predicted molar refractivity (Wildman–Crippen MR) is 81.4 cm³/mol. The first kappa shape index (κ1) is 15.9. The molecule has 0 saturated carbocycles. The van der Waals surface area contributed by atoms with E-state index < -0.39 is 6.04 Å². The monoisotopic (exact) mass is 301 g/mol. The van der Waals surface area contributed by atoms with Crippen LogP contribution in [0.1, 0.15) is 43.7 Å². The Kier molecular flexibility index (Phi) is 5.04. The second-order valence-corrected chi connectivity index (χ2v) is 5.00. The summed E-state index contributed by atoms with van der Waals surface area (Å²) in [5.74, 6) is -0.585. The lowest BCUT2D eigenvalue weighted by atomic mass is 10.1. The van der Waals surface area contributed by atoms with Crippen molar-refractivity contribution in [3.8, 4) is 11.3 Å². The van der Waals surface area contributed by atoms with Crippen molar-refractivity contribution in [1.82, 2.24) is 15.0 Å². The van der Waals surface area contributed by atoms with Gasteiger partial charge in [0, 0.05) is 12.5 Å². The van der Waals surface area contributed by atoms with E-state index in [1.165, 1.54) is 11.6 Å². The van der Waals surface area contributed by atoms with Crippen molar-refractivity contribution in [3.63, 3.8) is 0 Å². The van der Waals surface area contributed by atoms with E-state index in [-0.39, 0.29) is 17.4 Å². The number of rotatable bonds is 6. The molecule has 0 amide bonds. The highest BCUT2D eigenvalue weighted by Crippen LogP contribution is 2.25. The molecule has 0 N–H and O–H groups in total. The van der Waals surface area contributed by atoms with Crippen molar-refractivity contribution < 1.29 is 14.3 Å². The Balaban J connectivity index is 2.44. The minimum atomic E-state index is -0.651. The van der Waals surface area contributed by atoms with Gasteiger partial charge in [-0.2, -0.15) is 0 Å². The van der Waals surface area contributed by atoms with Gasteiger partial charge in [0.25, 0.3) is 0 Å². The number of hydrogen-bond donors (Lipinski definition) is 0. The lowest BCUT2D eigenvalue weighted by molar-refractivity contribution is -0.147. The van der Waals surface area contributed by atoms with Gasteiger partial charge in [-0.15, -0.1) is 5.10 Å². The SMILES string of the molecule is CCCOC(=O)C(C)n1nnc(C(C)=O)c1-c1ccccc1. The van der Waals surface area contributed by atoms with E-state index in [9.17, 15) is 9.59 Å². The van der Waals surface area contributed by atoms with Crippen LogP contribution in [0.5, 0.6) is 0 Å². The Hall–Kier alpha value is -2.50. The first-order valence-electron chi connectivity index (χ1n) is 7.24. The molecule has 1 aromatic heterocycles. The summed E-state index contributed by atoms with van der Waals surface area (Å²) >= 11 is 0. The highest BCUT2D eigenvalue weighted by atomic mass is 16.5. The maximum absolute atomic E-state index is 12.1. The molecule has 0 radical (unpaired) electrons. The largest absolute Gasteiger partial charge is 0.464 e. The molecule has 0 spiro atoms. The number of aromatic nitrogens is 3. The first-order valence-corrected chi connectivity index (χ1v) is 7.24. The van der Waals surface area contributed by atoms with Gasteiger partial charge in [-0.1, -0.05) is 42.5 Å². The first-order chi connectivity index (χ1) is 10.6. The summed E-state index contributed by atoms with van der Waals surface area (Å²) < 4.78 is 6.60. The fourth-order valence-corrected chi connectivity index (χ4v) is 2.09. The third kappa shape index (κ3) is 3.21. The van der Waals surface area contributed by atoms with Crippen LogP contribution in [0.15, 0.2) is 30.3 Å². The minimum Gasteiger partial charge on any atom is -0.464 e. The van der Waals surface area contributed by atoms with Crippen LogP contribution in [0.25, 0.3) is 11.3 Å². The zero-order valence-electron chi connectivity index (χ0n) is 12.9. The standard InChI is InChI=1S/C16H19N3O3/c1-4-10-22-16(21)11(2)19-15(13-8-6-5-7-9-13)14(12(3)20)17-18-19/h5-9,11H,4,10H2,1-3H3. The third-order valence-corrected chi connectivity index (χ3v) is 3.23. The second kappa shape index (κ2) is 6.98. The molecule has 6 heteroatoms. The number of carbonyl (C=O) groups is 2. The van der Waals surface area contributed by atoms with Crippen molar-refractivity contribution >= 4 is 11.8 Å². The van der Waals surface area contributed by atoms with Crippen molar-refractivity contribution in [2.24, 2.45) is 0 Å². The molecule has 22 heavy (non-hydrogen) atoms. The summed E-state index contributed by atoms with van der Waals surface area (Å²) in [6.45, 7) is 5.40. The van der Waals surface area contributed by atoms with E-state index in [0.717, 1.165) is 12.0 Å². The number of ketones is 1.